The number of carbonyl (C=O) groups is 1. The molecular weight excluding hydrogens is 257 g/mol. The third kappa shape index (κ3) is 2.84. The molecule has 0 radical (unpaired) electrons. The molecule has 3 nitrogen and oxygen atoms in total. The van der Waals surface area contributed by atoms with E-state index in [1.807, 2.05) is 0 Å². The summed E-state index contributed by atoms with van der Waals surface area (Å²) >= 11 is 5.95. The maximum Gasteiger partial charge on any atom is 0.354 e. The maximum absolute atomic E-state index is 12.8. The highest BCUT2D eigenvalue weighted by Crippen LogP contribution is 2.19. The number of benzene rings is 1. The third-order valence-corrected chi connectivity index (χ3v) is 2.80. The van der Waals surface area contributed by atoms with Gasteiger partial charge in [-0.1, -0.05) is 23.7 Å². The molecule has 18 heavy (non-hydrogen) atoms. The van der Waals surface area contributed by atoms with Gasteiger partial charge in [-0.05, 0) is 35.7 Å². The van der Waals surface area contributed by atoms with E-state index in [0.717, 1.165) is 5.56 Å². The lowest BCUT2D eigenvalue weighted by molar-refractivity contribution is 0.0690. The van der Waals surface area contributed by atoms with Crippen LogP contribution in [0.4, 0.5) is 4.39 Å². The molecule has 0 fully saturated rings. The van der Waals surface area contributed by atoms with Crippen LogP contribution >= 0.6 is 11.6 Å². The minimum absolute atomic E-state index is 0.0588. The summed E-state index contributed by atoms with van der Waals surface area (Å²) in [6, 6.07) is 7.39. The first-order valence-corrected chi connectivity index (χ1v) is 5.56. The first kappa shape index (κ1) is 12.5. The molecule has 2 aromatic rings. The molecule has 0 spiro atoms. The molecule has 2 rings (SSSR count). The number of aromatic nitrogens is 1. The zero-order valence-corrected chi connectivity index (χ0v) is 9.99. The van der Waals surface area contributed by atoms with Gasteiger partial charge in [-0.2, -0.15) is 0 Å². The van der Waals surface area contributed by atoms with Gasteiger partial charge in [0.05, 0.1) is 5.02 Å². The Hall–Kier alpha value is -1.94. The molecular formula is C13H9ClFNO2. The molecule has 0 aliphatic rings. The molecule has 0 saturated heterocycles. The van der Waals surface area contributed by atoms with Crippen molar-refractivity contribution in [2.45, 2.75) is 6.42 Å². The van der Waals surface area contributed by atoms with Gasteiger partial charge in [0.1, 0.15) is 11.5 Å². The minimum atomic E-state index is -1.10. The SMILES string of the molecule is O=C(O)c1cc(Cc2ccc(F)cc2)c(Cl)cn1. The van der Waals surface area contributed by atoms with Crippen LogP contribution in [-0.2, 0) is 6.42 Å². The van der Waals surface area contributed by atoms with Gasteiger partial charge in [0.2, 0.25) is 0 Å². The van der Waals surface area contributed by atoms with Gasteiger partial charge in [0.25, 0.3) is 0 Å². The molecule has 0 atom stereocenters. The number of rotatable bonds is 3. The number of hydrogen-bond donors (Lipinski definition) is 1. The average Bonchev–Trinajstić information content (AvgIpc) is 2.34. The highest BCUT2D eigenvalue weighted by atomic mass is 35.5. The van der Waals surface area contributed by atoms with Crippen LogP contribution < -0.4 is 0 Å². The number of pyridine rings is 1. The van der Waals surface area contributed by atoms with Gasteiger partial charge in [0.15, 0.2) is 0 Å². The van der Waals surface area contributed by atoms with Crippen molar-refractivity contribution in [3.05, 3.63) is 64.2 Å². The van der Waals surface area contributed by atoms with Crippen molar-refractivity contribution >= 4 is 17.6 Å². The van der Waals surface area contributed by atoms with Crippen molar-refractivity contribution in [2.24, 2.45) is 0 Å². The quantitative estimate of drug-likeness (QED) is 0.927. The molecule has 0 aliphatic carbocycles. The first-order valence-electron chi connectivity index (χ1n) is 5.18. The van der Waals surface area contributed by atoms with Gasteiger partial charge < -0.3 is 5.11 Å². The summed E-state index contributed by atoms with van der Waals surface area (Å²) in [5.41, 5.74) is 1.44. The second-order valence-corrected chi connectivity index (χ2v) is 4.18. The molecule has 0 unspecified atom stereocenters. The minimum Gasteiger partial charge on any atom is -0.477 e. The fourth-order valence-electron chi connectivity index (χ4n) is 1.55. The van der Waals surface area contributed by atoms with Crippen LogP contribution in [-0.4, -0.2) is 16.1 Å². The van der Waals surface area contributed by atoms with Gasteiger partial charge in [0, 0.05) is 6.20 Å². The van der Waals surface area contributed by atoms with E-state index in [-0.39, 0.29) is 11.5 Å². The Balaban J connectivity index is 2.30. The molecule has 1 aromatic heterocycles. The normalized spacial score (nSPS) is 10.3. The number of carboxylic acid groups (broad SMARTS) is 1. The predicted molar refractivity (Wildman–Crippen MR) is 65.4 cm³/mol. The number of aromatic carboxylic acids is 1. The second kappa shape index (κ2) is 5.14. The Kier molecular flexibility index (Phi) is 3.58. The van der Waals surface area contributed by atoms with Crippen LogP contribution in [0.2, 0.25) is 5.02 Å². The summed E-state index contributed by atoms with van der Waals surface area (Å²) in [6.45, 7) is 0. The van der Waals surface area contributed by atoms with Gasteiger partial charge in [-0.25, -0.2) is 14.2 Å². The van der Waals surface area contributed by atoms with Crippen molar-refractivity contribution in [3.8, 4) is 0 Å². The van der Waals surface area contributed by atoms with Crippen LogP contribution in [0, 0.1) is 5.82 Å². The lowest BCUT2D eigenvalue weighted by Crippen LogP contribution is -2.02. The Bertz CT molecular complexity index is 584. The number of carboxylic acids is 1. The molecule has 0 amide bonds. The average molecular weight is 266 g/mol. The summed E-state index contributed by atoms with van der Waals surface area (Å²) in [6.07, 6.45) is 1.74. The first-order chi connectivity index (χ1) is 8.56. The lowest BCUT2D eigenvalue weighted by Gasteiger charge is -2.05. The smallest absolute Gasteiger partial charge is 0.354 e. The van der Waals surface area contributed by atoms with Crippen molar-refractivity contribution < 1.29 is 14.3 Å². The standard InChI is InChI=1S/C13H9ClFNO2/c14-11-7-16-12(13(17)18)6-9(11)5-8-1-3-10(15)4-2-8/h1-4,6-7H,5H2,(H,17,18). The molecule has 1 aromatic carbocycles. The molecule has 1 heterocycles. The Labute approximate surface area is 108 Å². The van der Waals surface area contributed by atoms with Crippen LogP contribution in [0.1, 0.15) is 21.6 Å². The number of nitrogens with zero attached hydrogens (tertiary/aromatic N) is 1. The summed E-state index contributed by atoms with van der Waals surface area (Å²) < 4.78 is 12.8. The van der Waals surface area contributed by atoms with Crippen molar-refractivity contribution in [3.63, 3.8) is 0 Å². The highest BCUT2D eigenvalue weighted by Gasteiger charge is 2.09. The van der Waals surface area contributed by atoms with Crippen molar-refractivity contribution in [1.82, 2.24) is 4.98 Å². The summed E-state index contributed by atoms with van der Waals surface area (Å²) in [4.78, 5) is 14.5. The molecule has 92 valence electrons. The largest absolute Gasteiger partial charge is 0.477 e. The van der Waals surface area contributed by atoms with Gasteiger partial charge >= 0.3 is 5.97 Å². The van der Waals surface area contributed by atoms with Crippen LogP contribution in [0.25, 0.3) is 0 Å². The van der Waals surface area contributed by atoms with E-state index >= 15 is 0 Å². The van der Waals surface area contributed by atoms with E-state index in [1.54, 1.807) is 12.1 Å². The van der Waals surface area contributed by atoms with E-state index in [1.165, 1.54) is 24.4 Å². The zero-order valence-electron chi connectivity index (χ0n) is 9.23. The number of hydrogen-bond acceptors (Lipinski definition) is 2. The topological polar surface area (TPSA) is 50.2 Å². The van der Waals surface area contributed by atoms with Crippen LogP contribution in [0.3, 0.4) is 0 Å². The molecule has 0 bridgehead atoms. The lowest BCUT2D eigenvalue weighted by atomic mass is 10.1. The molecule has 0 saturated carbocycles. The van der Waals surface area contributed by atoms with Crippen LogP contribution in [0.5, 0.6) is 0 Å². The Morgan fingerprint density at radius 1 is 1.33 bits per heavy atom. The van der Waals surface area contributed by atoms with E-state index in [0.29, 0.717) is 17.0 Å². The van der Waals surface area contributed by atoms with Crippen LogP contribution in [0.15, 0.2) is 36.5 Å². The predicted octanol–water partition coefficient (Wildman–Crippen LogP) is 3.16. The Morgan fingerprint density at radius 3 is 2.61 bits per heavy atom. The molecule has 5 heteroatoms. The third-order valence-electron chi connectivity index (χ3n) is 2.46. The van der Waals surface area contributed by atoms with Gasteiger partial charge in [-0.15, -0.1) is 0 Å². The Morgan fingerprint density at radius 2 is 2.00 bits per heavy atom. The molecule has 0 aliphatic heterocycles. The summed E-state index contributed by atoms with van der Waals surface area (Å²) in [5, 5.41) is 9.24. The summed E-state index contributed by atoms with van der Waals surface area (Å²) in [7, 11) is 0. The fraction of sp³-hybridized carbons (Fsp3) is 0.0769. The van der Waals surface area contributed by atoms with E-state index in [4.69, 9.17) is 16.7 Å². The monoisotopic (exact) mass is 265 g/mol. The van der Waals surface area contributed by atoms with Crippen molar-refractivity contribution in [1.29, 1.82) is 0 Å². The zero-order chi connectivity index (χ0) is 13.1. The summed E-state index contributed by atoms with van der Waals surface area (Å²) in [5.74, 6) is -1.42. The number of halogens is 2. The van der Waals surface area contributed by atoms with E-state index in [9.17, 15) is 9.18 Å². The van der Waals surface area contributed by atoms with Gasteiger partial charge in [-0.3, -0.25) is 0 Å². The fourth-order valence-corrected chi connectivity index (χ4v) is 1.73. The van der Waals surface area contributed by atoms with E-state index < -0.39 is 5.97 Å². The molecule has 1 N–H and O–H groups in total. The second-order valence-electron chi connectivity index (χ2n) is 3.77. The highest BCUT2D eigenvalue weighted by molar-refractivity contribution is 6.31. The maximum atomic E-state index is 12.8. The van der Waals surface area contributed by atoms with Crippen molar-refractivity contribution in [2.75, 3.05) is 0 Å². The van der Waals surface area contributed by atoms with E-state index in [2.05, 4.69) is 4.98 Å².